The van der Waals surface area contributed by atoms with Crippen LogP contribution in [0.5, 0.6) is 5.88 Å². The second-order valence-electron chi connectivity index (χ2n) is 2.93. The number of ether oxygens (including phenoxy) is 1. The minimum absolute atomic E-state index is 0.00806. The van der Waals surface area contributed by atoms with Gasteiger partial charge >= 0.3 is 0 Å². The number of rotatable bonds is 2. The van der Waals surface area contributed by atoms with E-state index in [-0.39, 0.29) is 12.9 Å². The minimum atomic E-state index is -0.00898. The van der Waals surface area contributed by atoms with E-state index in [0.717, 1.165) is 10.4 Å². The van der Waals surface area contributed by atoms with Crippen molar-refractivity contribution < 1.29 is 9.84 Å². The van der Waals surface area contributed by atoms with Gasteiger partial charge in [-0.3, -0.25) is 4.90 Å². The van der Waals surface area contributed by atoms with E-state index in [0.29, 0.717) is 6.61 Å². The highest BCUT2D eigenvalue weighted by Crippen LogP contribution is 2.33. The van der Waals surface area contributed by atoms with E-state index < -0.39 is 0 Å². The van der Waals surface area contributed by atoms with E-state index in [1.807, 2.05) is 7.05 Å². The lowest BCUT2D eigenvalue weighted by atomic mass is 10.5. The Bertz CT molecular complexity index is 315. The van der Waals surface area contributed by atoms with Crippen LogP contribution in [0.2, 0.25) is 0 Å². The smallest absolute Gasteiger partial charge is 0.228 e. The third-order valence-corrected chi connectivity index (χ3v) is 2.64. The van der Waals surface area contributed by atoms with Gasteiger partial charge in [-0.15, -0.1) is 0 Å². The molecule has 6 heteroatoms. The highest BCUT2D eigenvalue weighted by molar-refractivity contribution is 9.10. The van der Waals surface area contributed by atoms with Crippen molar-refractivity contribution in [3.63, 3.8) is 0 Å². The fourth-order valence-corrected chi connectivity index (χ4v) is 1.70. The molecule has 5 nitrogen and oxygen atoms in total. The zero-order valence-electron chi connectivity index (χ0n) is 7.14. The Kier molecular flexibility index (Phi) is 2.27. The second-order valence-corrected chi connectivity index (χ2v) is 3.79. The summed E-state index contributed by atoms with van der Waals surface area (Å²) in [6.07, 6.45) is 1.68. The molecule has 13 heavy (non-hydrogen) atoms. The predicted octanol–water partition coefficient (Wildman–Crippen LogP) is 0.418. The van der Waals surface area contributed by atoms with Crippen molar-refractivity contribution in [2.24, 2.45) is 0 Å². The van der Waals surface area contributed by atoms with Crippen LogP contribution in [0.3, 0.4) is 0 Å². The molecule has 0 saturated carbocycles. The van der Waals surface area contributed by atoms with Crippen LogP contribution in [0.15, 0.2) is 10.7 Å². The van der Waals surface area contributed by atoms with Gasteiger partial charge in [0.25, 0.3) is 0 Å². The van der Waals surface area contributed by atoms with Crippen molar-refractivity contribution in [2.75, 3.05) is 20.4 Å². The topological polar surface area (TPSA) is 50.5 Å². The highest BCUT2D eigenvalue weighted by atomic mass is 79.9. The van der Waals surface area contributed by atoms with Crippen LogP contribution in [0.25, 0.3) is 0 Å². The van der Waals surface area contributed by atoms with Gasteiger partial charge in [-0.25, -0.2) is 4.68 Å². The molecule has 0 aromatic carbocycles. The van der Waals surface area contributed by atoms with Crippen molar-refractivity contribution in [2.45, 2.75) is 6.17 Å². The van der Waals surface area contributed by atoms with Gasteiger partial charge < -0.3 is 9.84 Å². The Morgan fingerprint density at radius 1 is 1.92 bits per heavy atom. The van der Waals surface area contributed by atoms with Gasteiger partial charge in [0.1, 0.15) is 12.8 Å². The molecule has 1 aromatic heterocycles. The van der Waals surface area contributed by atoms with Crippen LogP contribution < -0.4 is 4.74 Å². The Hall–Kier alpha value is -0.590. The molecular formula is C7H10BrN3O2. The van der Waals surface area contributed by atoms with Crippen LogP contribution >= 0.6 is 15.9 Å². The lowest BCUT2D eigenvalue weighted by molar-refractivity contribution is 0.0538. The fraction of sp³-hybridized carbons (Fsp3) is 0.571. The number of likely N-dealkylation sites (N-methyl/N-ethyl adjacent to an activating group) is 1. The van der Waals surface area contributed by atoms with E-state index in [2.05, 4.69) is 21.0 Å². The predicted molar refractivity (Wildman–Crippen MR) is 49.3 cm³/mol. The highest BCUT2D eigenvalue weighted by Gasteiger charge is 2.29. The Balaban J connectivity index is 2.28. The number of hydrogen-bond donors (Lipinski definition) is 1. The summed E-state index contributed by atoms with van der Waals surface area (Å²) in [6, 6.07) is 0. The number of aromatic nitrogens is 2. The molecule has 0 aliphatic carbocycles. The van der Waals surface area contributed by atoms with Crippen molar-refractivity contribution in [3.05, 3.63) is 10.7 Å². The number of hydrogen-bond acceptors (Lipinski definition) is 4. The summed E-state index contributed by atoms with van der Waals surface area (Å²) in [4.78, 5) is 1.76. The normalized spacial score (nSPS) is 20.5. The zero-order valence-corrected chi connectivity index (χ0v) is 8.73. The van der Waals surface area contributed by atoms with Crippen LogP contribution in [0.4, 0.5) is 0 Å². The van der Waals surface area contributed by atoms with E-state index >= 15 is 0 Å². The summed E-state index contributed by atoms with van der Waals surface area (Å²) in [5.74, 6) is 0.727. The molecule has 0 amide bonds. The lowest BCUT2D eigenvalue weighted by Gasteiger charge is -2.19. The average Bonchev–Trinajstić information content (AvgIpc) is 2.68. The quantitative estimate of drug-likeness (QED) is 0.770. The fourth-order valence-electron chi connectivity index (χ4n) is 1.31. The van der Waals surface area contributed by atoms with Crippen molar-refractivity contribution in [3.8, 4) is 5.88 Å². The number of nitrogens with zero attached hydrogens (tertiary/aromatic N) is 3. The van der Waals surface area contributed by atoms with Crippen molar-refractivity contribution in [1.29, 1.82) is 0 Å². The summed E-state index contributed by atoms with van der Waals surface area (Å²) in [6.45, 7) is 0.518. The minimum Gasteiger partial charge on any atom is -0.473 e. The van der Waals surface area contributed by atoms with Gasteiger partial charge in [-0.2, -0.15) is 5.10 Å². The van der Waals surface area contributed by atoms with E-state index in [4.69, 9.17) is 9.84 Å². The number of fused-ring (bicyclic) bond motifs is 1. The molecule has 0 fully saturated rings. The number of aliphatic hydroxyl groups excluding tert-OH is 1. The molecule has 72 valence electrons. The third kappa shape index (κ3) is 1.34. The Morgan fingerprint density at radius 3 is 3.38 bits per heavy atom. The Labute approximate surface area is 84.0 Å². The second kappa shape index (κ2) is 3.28. The number of halogens is 1. The number of aliphatic hydroxyl groups is 1. The van der Waals surface area contributed by atoms with Gasteiger partial charge in [-0.1, -0.05) is 0 Å². The van der Waals surface area contributed by atoms with Crippen molar-refractivity contribution >= 4 is 15.9 Å². The van der Waals surface area contributed by atoms with Crippen LogP contribution in [0.1, 0.15) is 6.17 Å². The van der Waals surface area contributed by atoms with Crippen LogP contribution in [0, 0.1) is 0 Å². The molecule has 0 saturated heterocycles. The van der Waals surface area contributed by atoms with Gasteiger partial charge in [0.05, 0.1) is 17.4 Å². The molecular weight excluding hydrogens is 238 g/mol. The van der Waals surface area contributed by atoms with Crippen molar-refractivity contribution in [1.82, 2.24) is 14.7 Å². The van der Waals surface area contributed by atoms with Gasteiger partial charge in [0.2, 0.25) is 5.88 Å². The first-order chi connectivity index (χ1) is 6.24. The lowest BCUT2D eigenvalue weighted by Crippen LogP contribution is -2.30. The molecule has 2 heterocycles. The van der Waals surface area contributed by atoms with E-state index in [9.17, 15) is 0 Å². The molecule has 1 aliphatic rings. The largest absolute Gasteiger partial charge is 0.473 e. The van der Waals surface area contributed by atoms with Gasteiger partial charge in [0.15, 0.2) is 0 Å². The maximum absolute atomic E-state index is 8.95. The standard InChI is InChI=1S/C7H10BrN3O2/c1-10(4-12)6-3-13-7-5(8)2-9-11(6)7/h2,6,12H,3-4H2,1H3. The molecule has 1 atom stereocenters. The Morgan fingerprint density at radius 2 is 2.69 bits per heavy atom. The maximum Gasteiger partial charge on any atom is 0.228 e. The zero-order chi connectivity index (χ0) is 9.42. The maximum atomic E-state index is 8.95. The molecule has 1 N–H and O–H groups in total. The summed E-state index contributed by atoms with van der Waals surface area (Å²) in [5.41, 5.74) is 0. The first-order valence-electron chi connectivity index (χ1n) is 3.91. The van der Waals surface area contributed by atoms with Crippen LogP contribution in [-0.2, 0) is 0 Å². The third-order valence-electron chi connectivity index (χ3n) is 2.09. The average molecular weight is 248 g/mol. The van der Waals surface area contributed by atoms with Gasteiger partial charge in [0, 0.05) is 0 Å². The summed E-state index contributed by atoms with van der Waals surface area (Å²) >= 11 is 3.33. The first-order valence-corrected chi connectivity index (χ1v) is 4.70. The van der Waals surface area contributed by atoms with Crippen LogP contribution in [-0.4, -0.2) is 40.2 Å². The molecule has 1 aromatic rings. The van der Waals surface area contributed by atoms with Gasteiger partial charge in [-0.05, 0) is 23.0 Å². The molecule has 0 bridgehead atoms. The SMILES string of the molecule is CN(CO)C1COc2c(Br)cnn21. The summed E-state index contributed by atoms with van der Waals surface area (Å²) in [7, 11) is 1.82. The van der Waals surface area contributed by atoms with E-state index in [1.165, 1.54) is 0 Å². The first kappa shape index (κ1) is 8.98. The van der Waals surface area contributed by atoms with E-state index in [1.54, 1.807) is 15.8 Å². The molecule has 1 unspecified atom stereocenters. The summed E-state index contributed by atoms with van der Waals surface area (Å²) < 4.78 is 8.00. The molecule has 2 rings (SSSR count). The summed E-state index contributed by atoms with van der Waals surface area (Å²) in [5, 5.41) is 13.1. The molecule has 0 spiro atoms. The molecule has 0 radical (unpaired) electrons. The molecule has 1 aliphatic heterocycles. The monoisotopic (exact) mass is 247 g/mol.